The van der Waals surface area contributed by atoms with Crippen molar-refractivity contribution in [3.63, 3.8) is 0 Å². The Morgan fingerprint density at radius 2 is 1.76 bits per heavy atom. The molecule has 1 saturated carbocycles. The summed E-state index contributed by atoms with van der Waals surface area (Å²) in [5, 5.41) is 3.51. The molecule has 9 heteroatoms. The highest BCUT2D eigenvalue weighted by molar-refractivity contribution is 5.81. The third-order valence-electron chi connectivity index (χ3n) is 6.60. The lowest BCUT2D eigenvalue weighted by molar-refractivity contribution is -0.148. The molecule has 1 aliphatic heterocycles. The molecule has 4 rings (SSSR count). The highest BCUT2D eigenvalue weighted by Crippen LogP contribution is 2.32. The van der Waals surface area contributed by atoms with Crippen molar-refractivity contribution in [2.24, 2.45) is 11.8 Å². The van der Waals surface area contributed by atoms with E-state index in [-0.39, 0.29) is 23.9 Å². The predicted octanol–water partition coefficient (Wildman–Crippen LogP) is 3.30. The van der Waals surface area contributed by atoms with Crippen LogP contribution in [-0.4, -0.2) is 73.4 Å². The van der Waals surface area contributed by atoms with E-state index in [1.54, 1.807) is 4.90 Å². The Morgan fingerprint density at radius 1 is 1.06 bits per heavy atom. The van der Waals surface area contributed by atoms with Crippen LogP contribution in [0.4, 0.5) is 16.4 Å². The molecule has 1 amide bonds. The molecule has 1 aliphatic carbocycles. The first kappa shape index (κ1) is 23.1. The third-order valence-corrected chi connectivity index (χ3v) is 6.60. The quantitative estimate of drug-likeness (QED) is 0.663. The van der Waals surface area contributed by atoms with Crippen LogP contribution in [0.1, 0.15) is 32.6 Å². The first-order chi connectivity index (χ1) is 16.1. The fourth-order valence-electron chi connectivity index (χ4n) is 4.79. The molecule has 1 aromatic carbocycles. The lowest BCUT2D eigenvalue weighted by Gasteiger charge is -2.35. The van der Waals surface area contributed by atoms with Crippen molar-refractivity contribution >= 4 is 34.7 Å². The van der Waals surface area contributed by atoms with Gasteiger partial charge < -0.3 is 24.6 Å². The van der Waals surface area contributed by atoms with Gasteiger partial charge in [0.1, 0.15) is 0 Å². The van der Waals surface area contributed by atoms with Gasteiger partial charge in [0.2, 0.25) is 0 Å². The van der Waals surface area contributed by atoms with E-state index in [0.29, 0.717) is 45.1 Å². The van der Waals surface area contributed by atoms with Gasteiger partial charge in [-0.25, -0.2) is 14.8 Å². The van der Waals surface area contributed by atoms with Gasteiger partial charge in [0, 0.05) is 32.7 Å². The molecule has 9 nitrogen and oxygen atoms in total. The number of methoxy groups -OCH3 is 1. The number of fused-ring (bicyclic) bond motifs is 1. The Hall–Kier alpha value is -3.10. The van der Waals surface area contributed by atoms with Crippen LogP contribution in [0.25, 0.3) is 11.0 Å². The molecule has 33 heavy (non-hydrogen) atoms. The van der Waals surface area contributed by atoms with Gasteiger partial charge in [-0.1, -0.05) is 25.0 Å². The molecule has 2 heterocycles. The number of nitrogens with one attached hydrogen (secondary N) is 1. The van der Waals surface area contributed by atoms with Crippen molar-refractivity contribution < 1.29 is 19.1 Å². The van der Waals surface area contributed by atoms with E-state index in [1.807, 2.05) is 31.2 Å². The van der Waals surface area contributed by atoms with Crippen LogP contribution in [0.2, 0.25) is 0 Å². The zero-order chi connectivity index (χ0) is 23.2. The van der Waals surface area contributed by atoms with Gasteiger partial charge in [0.25, 0.3) is 0 Å². The smallest absolute Gasteiger partial charge is 0.409 e. The highest BCUT2D eigenvalue weighted by atomic mass is 16.6. The Labute approximate surface area is 194 Å². The average Bonchev–Trinajstić information content (AvgIpc) is 2.87. The number of anilines is 2. The van der Waals surface area contributed by atoms with Crippen LogP contribution in [0, 0.1) is 11.8 Å². The minimum atomic E-state index is -0.272. The number of ether oxygens (including phenoxy) is 2. The Kier molecular flexibility index (Phi) is 7.47. The second kappa shape index (κ2) is 10.7. The van der Waals surface area contributed by atoms with Crippen molar-refractivity contribution in [3.05, 3.63) is 24.3 Å². The molecule has 2 aromatic rings. The first-order valence-corrected chi connectivity index (χ1v) is 11.9. The number of carbonyl (C=O) groups is 2. The maximum atomic E-state index is 12.3. The van der Waals surface area contributed by atoms with E-state index in [0.717, 1.165) is 42.5 Å². The van der Waals surface area contributed by atoms with Gasteiger partial charge in [-0.15, -0.1) is 0 Å². The normalized spacial score (nSPS) is 21.0. The van der Waals surface area contributed by atoms with Gasteiger partial charge in [-0.2, -0.15) is 0 Å². The number of benzene rings is 1. The van der Waals surface area contributed by atoms with Crippen molar-refractivity contribution in [2.75, 3.05) is 56.7 Å². The molecule has 0 spiro atoms. The van der Waals surface area contributed by atoms with E-state index in [2.05, 4.69) is 10.2 Å². The summed E-state index contributed by atoms with van der Waals surface area (Å²) in [6, 6.07) is 7.81. The number of rotatable bonds is 6. The minimum Gasteiger partial charge on any atom is -0.469 e. The summed E-state index contributed by atoms with van der Waals surface area (Å²) in [6.07, 6.45) is 3.76. The van der Waals surface area contributed by atoms with Gasteiger partial charge in [0.15, 0.2) is 11.6 Å². The number of piperazine rings is 1. The molecule has 1 aromatic heterocycles. The van der Waals surface area contributed by atoms with E-state index < -0.39 is 0 Å². The molecular weight excluding hydrogens is 422 g/mol. The molecular formula is C24H33N5O4. The van der Waals surface area contributed by atoms with Gasteiger partial charge in [-0.05, 0) is 37.8 Å². The molecule has 2 aliphatic rings. The molecule has 1 saturated heterocycles. The third kappa shape index (κ3) is 5.29. The van der Waals surface area contributed by atoms with Crippen molar-refractivity contribution in [1.29, 1.82) is 0 Å². The van der Waals surface area contributed by atoms with Gasteiger partial charge >= 0.3 is 12.1 Å². The Balaban J connectivity index is 1.53. The molecule has 1 N–H and O–H groups in total. The first-order valence-electron chi connectivity index (χ1n) is 11.9. The Morgan fingerprint density at radius 3 is 2.45 bits per heavy atom. The summed E-state index contributed by atoms with van der Waals surface area (Å²) in [4.78, 5) is 38.0. The molecule has 2 unspecified atom stereocenters. The molecule has 2 fully saturated rings. The van der Waals surface area contributed by atoms with E-state index in [9.17, 15) is 9.59 Å². The van der Waals surface area contributed by atoms with Crippen LogP contribution in [-0.2, 0) is 14.3 Å². The maximum absolute atomic E-state index is 12.3. The summed E-state index contributed by atoms with van der Waals surface area (Å²) in [5.74, 6) is 1.49. The number of para-hydroxylation sites is 2. The van der Waals surface area contributed by atoms with Crippen LogP contribution in [0.3, 0.4) is 0 Å². The van der Waals surface area contributed by atoms with Crippen LogP contribution in [0.5, 0.6) is 0 Å². The summed E-state index contributed by atoms with van der Waals surface area (Å²) >= 11 is 0. The topological polar surface area (TPSA) is 96.9 Å². The van der Waals surface area contributed by atoms with Crippen LogP contribution < -0.4 is 10.2 Å². The number of hydrogen-bond acceptors (Lipinski definition) is 8. The number of carbonyl (C=O) groups excluding carboxylic acids is 2. The van der Waals surface area contributed by atoms with Crippen LogP contribution in [0.15, 0.2) is 24.3 Å². The SMILES string of the molecule is CCOC(=O)N1CCN(c2nc3ccccc3nc2NCC2CCCCC2C(=O)OC)CC1. The zero-order valence-corrected chi connectivity index (χ0v) is 19.5. The van der Waals surface area contributed by atoms with Crippen molar-refractivity contribution in [2.45, 2.75) is 32.6 Å². The lowest BCUT2D eigenvalue weighted by atomic mass is 9.79. The number of aromatic nitrogens is 2. The predicted molar refractivity (Wildman–Crippen MR) is 126 cm³/mol. The number of amides is 1. The highest BCUT2D eigenvalue weighted by Gasteiger charge is 2.32. The molecule has 0 bridgehead atoms. The molecule has 2 atom stereocenters. The average molecular weight is 456 g/mol. The van der Waals surface area contributed by atoms with E-state index in [4.69, 9.17) is 19.4 Å². The summed E-state index contributed by atoms with van der Waals surface area (Å²) in [5.41, 5.74) is 1.65. The van der Waals surface area contributed by atoms with Crippen molar-refractivity contribution in [3.8, 4) is 0 Å². The maximum Gasteiger partial charge on any atom is 0.409 e. The van der Waals surface area contributed by atoms with Gasteiger partial charge in [0.05, 0.1) is 30.7 Å². The van der Waals surface area contributed by atoms with Crippen molar-refractivity contribution in [1.82, 2.24) is 14.9 Å². The number of hydrogen-bond donors (Lipinski definition) is 1. The zero-order valence-electron chi connectivity index (χ0n) is 19.5. The summed E-state index contributed by atoms with van der Waals surface area (Å²) < 4.78 is 10.2. The Bertz CT molecular complexity index is 976. The number of esters is 1. The summed E-state index contributed by atoms with van der Waals surface area (Å²) in [6.45, 7) is 5.26. The van der Waals surface area contributed by atoms with E-state index >= 15 is 0 Å². The van der Waals surface area contributed by atoms with Gasteiger partial charge in [-0.3, -0.25) is 4.79 Å². The summed E-state index contributed by atoms with van der Waals surface area (Å²) in [7, 11) is 1.46. The standard InChI is InChI=1S/C24H33N5O4/c1-3-33-24(31)29-14-12-28(13-15-29)22-21(26-19-10-6-7-11-20(19)27-22)25-16-17-8-4-5-9-18(17)23(30)32-2/h6-7,10-11,17-18H,3-5,8-9,12-16H2,1-2H3,(H,25,26). The minimum absolute atomic E-state index is 0.0822. The fourth-order valence-corrected chi connectivity index (χ4v) is 4.79. The lowest BCUT2D eigenvalue weighted by Crippen LogP contribution is -2.49. The number of nitrogens with zero attached hydrogens (tertiary/aromatic N) is 4. The van der Waals surface area contributed by atoms with Crippen LogP contribution >= 0.6 is 0 Å². The second-order valence-electron chi connectivity index (χ2n) is 8.61. The largest absolute Gasteiger partial charge is 0.469 e. The monoisotopic (exact) mass is 455 g/mol. The van der Waals surface area contributed by atoms with E-state index in [1.165, 1.54) is 7.11 Å². The molecule has 0 radical (unpaired) electrons. The second-order valence-corrected chi connectivity index (χ2v) is 8.61. The molecule has 178 valence electrons. The fraction of sp³-hybridized carbons (Fsp3) is 0.583.